The minimum atomic E-state index is -0.290. The maximum atomic E-state index is 13.2. The number of anilines is 1. The summed E-state index contributed by atoms with van der Waals surface area (Å²) in [5, 5.41) is 4.03. The predicted octanol–water partition coefficient (Wildman–Crippen LogP) is 5.30. The molecule has 8 heteroatoms. The van der Waals surface area contributed by atoms with Crippen LogP contribution in [0.3, 0.4) is 0 Å². The molecule has 0 saturated carbocycles. The molecule has 2 amide bonds. The minimum Gasteiger partial charge on any atom is -0.353 e. The van der Waals surface area contributed by atoms with Gasteiger partial charge in [0.05, 0.1) is 21.5 Å². The van der Waals surface area contributed by atoms with Crippen molar-refractivity contribution < 1.29 is 9.59 Å². The number of rotatable bonds is 5. The molecule has 1 heterocycles. The second-order valence-electron chi connectivity index (χ2n) is 7.05. The molecule has 5 nitrogen and oxygen atoms in total. The summed E-state index contributed by atoms with van der Waals surface area (Å²) in [6.45, 7) is 5.77. The van der Waals surface area contributed by atoms with Crippen LogP contribution in [0.4, 0.5) is 5.69 Å². The van der Waals surface area contributed by atoms with Gasteiger partial charge in [-0.15, -0.1) is 0 Å². The maximum absolute atomic E-state index is 13.2. The molecule has 2 aromatic rings. The molecule has 0 unspecified atom stereocenters. The molecular formula is C22H21Cl2N3O2S. The zero-order valence-corrected chi connectivity index (χ0v) is 19.1. The lowest BCUT2D eigenvalue weighted by Crippen LogP contribution is -2.34. The topological polar surface area (TPSA) is 61.8 Å². The molecule has 3 rings (SSSR count). The molecule has 1 aliphatic heterocycles. The summed E-state index contributed by atoms with van der Waals surface area (Å²) in [5.41, 5.74) is 2.59. The molecule has 0 spiro atoms. The second kappa shape index (κ2) is 9.69. The SMILES string of the molecule is Cc1ccc(N2C(=O)/C(=C/c3cccc(Cl)c3Cl)N=C2SCC(=O)NC(C)C)cc1. The van der Waals surface area contributed by atoms with Gasteiger partial charge >= 0.3 is 0 Å². The maximum Gasteiger partial charge on any atom is 0.283 e. The van der Waals surface area contributed by atoms with E-state index < -0.39 is 0 Å². The van der Waals surface area contributed by atoms with Crippen molar-refractivity contribution in [2.45, 2.75) is 26.8 Å². The number of hydrogen-bond donors (Lipinski definition) is 1. The van der Waals surface area contributed by atoms with Crippen LogP contribution in [0.25, 0.3) is 6.08 Å². The lowest BCUT2D eigenvalue weighted by molar-refractivity contribution is -0.119. The summed E-state index contributed by atoms with van der Waals surface area (Å²) >= 11 is 13.6. The van der Waals surface area contributed by atoms with E-state index in [4.69, 9.17) is 23.2 Å². The fourth-order valence-corrected chi connectivity index (χ4v) is 3.97. The number of carbonyl (C=O) groups is 2. The molecule has 0 fully saturated rings. The van der Waals surface area contributed by atoms with E-state index in [0.717, 1.165) is 5.56 Å². The lowest BCUT2D eigenvalue weighted by Gasteiger charge is -2.18. The van der Waals surface area contributed by atoms with Crippen LogP contribution in [-0.2, 0) is 9.59 Å². The van der Waals surface area contributed by atoms with Crippen molar-refractivity contribution in [1.82, 2.24) is 5.32 Å². The highest BCUT2D eigenvalue weighted by Crippen LogP contribution is 2.32. The Morgan fingerprint density at radius 1 is 1.20 bits per heavy atom. The Balaban J connectivity index is 1.94. The average molecular weight is 462 g/mol. The summed E-state index contributed by atoms with van der Waals surface area (Å²) in [7, 11) is 0. The summed E-state index contributed by atoms with van der Waals surface area (Å²) in [6.07, 6.45) is 1.61. The van der Waals surface area contributed by atoms with Gasteiger partial charge < -0.3 is 5.32 Å². The van der Waals surface area contributed by atoms with Crippen molar-refractivity contribution in [2.24, 2.45) is 4.99 Å². The zero-order valence-electron chi connectivity index (χ0n) is 16.8. The summed E-state index contributed by atoms with van der Waals surface area (Å²) in [5.74, 6) is -0.260. The molecule has 0 aromatic heterocycles. The van der Waals surface area contributed by atoms with E-state index in [0.29, 0.717) is 26.5 Å². The van der Waals surface area contributed by atoms with Gasteiger partial charge in [-0.3, -0.25) is 14.5 Å². The molecule has 0 saturated heterocycles. The van der Waals surface area contributed by atoms with Gasteiger partial charge in [0.1, 0.15) is 5.70 Å². The van der Waals surface area contributed by atoms with Crippen molar-refractivity contribution in [3.05, 3.63) is 69.3 Å². The zero-order chi connectivity index (χ0) is 21.8. The Bertz CT molecular complexity index is 1030. The summed E-state index contributed by atoms with van der Waals surface area (Å²) in [6, 6.07) is 12.8. The fraction of sp³-hybridized carbons (Fsp3) is 0.227. The number of carbonyl (C=O) groups excluding carboxylic acids is 2. The van der Waals surface area contributed by atoms with Crippen LogP contribution in [0, 0.1) is 6.92 Å². The molecule has 1 aliphatic rings. The number of amides is 2. The number of aliphatic imine (C=N–C) groups is 1. The van der Waals surface area contributed by atoms with Crippen molar-refractivity contribution in [2.75, 3.05) is 10.7 Å². The normalized spacial score (nSPS) is 15.1. The molecule has 156 valence electrons. The first kappa shape index (κ1) is 22.4. The second-order valence-corrected chi connectivity index (χ2v) is 8.78. The van der Waals surface area contributed by atoms with Crippen LogP contribution < -0.4 is 10.2 Å². The Labute approximate surface area is 190 Å². The quantitative estimate of drug-likeness (QED) is 0.614. The molecule has 1 N–H and O–H groups in total. The molecule has 0 aliphatic carbocycles. The number of amidine groups is 1. The van der Waals surface area contributed by atoms with E-state index in [-0.39, 0.29) is 29.3 Å². The first-order valence-electron chi connectivity index (χ1n) is 9.34. The van der Waals surface area contributed by atoms with Crippen LogP contribution in [0.15, 0.2) is 53.2 Å². The van der Waals surface area contributed by atoms with E-state index >= 15 is 0 Å². The summed E-state index contributed by atoms with van der Waals surface area (Å²) in [4.78, 5) is 31.3. The number of nitrogens with zero attached hydrogens (tertiary/aromatic N) is 2. The Hall–Kier alpha value is -2.28. The van der Waals surface area contributed by atoms with E-state index in [9.17, 15) is 9.59 Å². The Morgan fingerprint density at radius 3 is 2.57 bits per heavy atom. The van der Waals surface area contributed by atoms with E-state index in [2.05, 4.69) is 10.3 Å². The van der Waals surface area contributed by atoms with Crippen LogP contribution in [0.5, 0.6) is 0 Å². The van der Waals surface area contributed by atoms with E-state index in [1.807, 2.05) is 45.0 Å². The third-order valence-corrected chi connectivity index (χ3v) is 5.95. The van der Waals surface area contributed by atoms with Crippen LogP contribution in [0.1, 0.15) is 25.0 Å². The number of thioether (sulfide) groups is 1. The van der Waals surface area contributed by atoms with Crippen LogP contribution in [0.2, 0.25) is 10.0 Å². The molecule has 0 atom stereocenters. The smallest absolute Gasteiger partial charge is 0.283 e. The van der Waals surface area contributed by atoms with E-state index in [1.165, 1.54) is 16.7 Å². The molecule has 30 heavy (non-hydrogen) atoms. The molecule has 0 radical (unpaired) electrons. The highest BCUT2D eigenvalue weighted by Gasteiger charge is 2.32. The van der Waals surface area contributed by atoms with Gasteiger partial charge in [-0.05, 0) is 50.6 Å². The van der Waals surface area contributed by atoms with Gasteiger partial charge in [-0.2, -0.15) is 0 Å². The van der Waals surface area contributed by atoms with Gasteiger partial charge in [-0.25, -0.2) is 4.99 Å². The number of hydrogen-bond acceptors (Lipinski definition) is 4. The van der Waals surface area contributed by atoms with Crippen molar-refractivity contribution >= 4 is 63.7 Å². The third kappa shape index (κ3) is 5.25. The van der Waals surface area contributed by atoms with Gasteiger partial charge in [0, 0.05) is 6.04 Å². The van der Waals surface area contributed by atoms with Gasteiger partial charge in [0.15, 0.2) is 5.17 Å². The van der Waals surface area contributed by atoms with Crippen molar-refractivity contribution in [1.29, 1.82) is 0 Å². The lowest BCUT2D eigenvalue weighted by atomic mass is 10.2. The van der Waals surface area contributed by atoms with Gasteiger partial charge in [0.25, 0.3) is 5.91 Å². The van der Waals surface area contributed by atoms with Crippen molar-refractivity contribution in [3.63, 3.8) is 0 Å². The first-order valence-corrected chi connectivity index (χ1v) is 11.1. The predicted molar refractivity (Wildman–Crippen MR) is 126 cm³/mol. The number of halogens is 2. The molecule has 2 aromatic carbocycles. The number of benzene rings is 2. The first-order chi connectivity index (χ1) is 14.3. The molecule has 0 bridgehead atoms. The van der Waals surface area contributed by atoms with E-state index in [1.54, 1.807) is 24.3 Å². The largest absolute Gasteiger partial charge is 0.353 e. The van der Waals surface area contributed by atoms with Crippen molar-refractivity contribution in [3.8, 4) is 0 Å². The van der Waals surface area contributed by atoms with Crippen LogP contribution in [-0.4, -0.2) is 28.8 Å². The standard InChI is InChI=1S/C22H21Cl2N3O2S/c1-13(2)25-19(28)12-30-22-26-18(11-15-5-4-6-17(23)20(15)24)21(29)27(22)16-9-7-14(3)8-10-16/h4-11,13H,12H2,1-3H3,(H,25,28)/b18-11-. The highest BCUT2D eigenvalue weighted by atomic mass is 35.5. The van der Waals surface area contributed by atoms with Crippen LogP contribution >= 0.6 is 35.0 Å². The Morgan fingerprint density at radius 2 is 1.90 bits per heavy atom. The van der Waals surface area contributed by atoms with Gasteiger partial charge in [0.2, 0.25) is 5.91 Å². The average Bonchev–Trinajstić information content (AvgIpc) is 2.99. The Kier molecular flexibility index (Phi) is 7.23. The highest BCUT2D eigenvalue weighted by molar-refractivity contribution is 8.14. The number of nitrogens with one attached hydrogen (secondary N) is 1. The summed E-state index contributed by atoms with van der Waals surface area (Å²) < 4.78 is 0. The van der Waals surface area contributed by atoms with Gasteiger partial charge in [-0.1, -0.05) is 64.8 Å². The monoisotopic (exact) mass is 461 g/mol. The fourth-order valence-electron chi connectivity index (χ4n) is 2.79. The minimum absolute atomic E-state index is 0.0406. The molecular weight excluding hydrogens is 441 g/mol. The number of aryl methyl sites for hydroxylation is 1. The third-order valence-electron chi connectivity index (χ3n) is 4.18.